The molecule has 134 valence electrons. The summed E-state index contributed by atoms with van der Waals surface area (Å²) < 4.78 is 10.4. The van der Waals surface area contributed by atoms with Crippen LogP contribution in [0.25, 0.3) is 0 Å². The molecule has 3 heterocycles. The first kappa shape index (κ1) is 17.0. The Morgan fingerprint density at radius 3 is 2.04 bits per heavy atom. The molecule has 0 N–H and O–H groups in total. The van der Waals surface area contributed by atoms with Gasteiger partial charge >= 0.3 is 12.1 Å². The second-order valence-electron chi connectivity index (χ2n) is 7.85. The zero-order chi connectivity index (χ0) is 17.6. The predicted octanol–water partition coefficient (Wildman–Crippen LogP) is 1.41. The van der Waals surface area contributed by atoms with Gasteiger partial charge in [0.1, 0.15) is 5.60 Å². The molecule has 3 saturated heterocycles. The Labute approximate surface area is 142 Å². The summed E-state index contributed by atoms with van der Waals surface area (Å²) in [4.78, 5) is 41.2. The van der Waals surface area contributed by atoms with Crippen molar-refractivity contribution >= 4 is 18.0 Å². The van der Waals surface area contributed by atoms with Gasteiger partial charge in [0, 0.05) is 25.2 Å². The highest BCUT2D eigenvalue weighted by molar-refractivity contribution is 5.89. The van der Waals surface area contributed by atoms with Crippen LogP contribution in [0.5, 0.6) is 0 Å². The quantitative estimate of drug-likeness (QED) is 0.712. The second kappa shape index (κ2) is 5.93. The molecular formula is C17H26N2O5. The molecule has 7 heteroatoms. The van der Waals surface area contributed by atoms with E-state index in [1.54, 1.807) is 9.80 Å². The van der Waals surface area contributed by atoms with Gasteiger partial charge in [-0.2, -0.15) is 0 Å². The molecule has 0 unspecified atom stereocenters. The molecule has 0 saturated carbocycles. The minimum absolute atomic E-state index is 0.0302. The SMILES string of the molecule is COC(=O)[C@H]1[C@@H](C(=O)N2CCC2)[C@@H]2CC[C@@H]1N2C(=O)OC(C)(C)C. The lowest BCUT2D eigenvalue weighted by Gasteiger charge is -2.36. The fraction of sp³-hybridized carbons (Fsp3) is 0.824. The van der Waals surface area contributed by atoms with Gasteiger partial charge in [0.05, 0.1) is 18.9 Å². The number of hydrogen-bond donors (Lipinski definition) is 0. The Hall–Kier alpha value is -1.79. The number of hydrogen-bond acceptors (Lipinski definition) is 5. The van der Waals surface area contributed by atoms with Crippen LogP contribution < -0.4 is 0 Å². The van der Waals surface area contributed by atoms with Crippen LogP contribution in [0.4, 0.5) is 4.79 Å². The Kier molecular flexibility index (Phi) is 4.21. The molecule has 0 spiro atoms. The van der Waals surface area contributed by atoms with Crippen LogP contribution >= 0.6 is 0 Å². The van der Waals surface area contributed by atoms with Crippen molar-refractivity contribution in [2.24, 2.45) is 11.8 Å². The second-order valence-corrected chi connectivity index (χ2v) is 7.85. The zero-order valence-corrected chi connectivity index (χ0v) is 14.8. The van der Waals surface area contributed by atoms with E-state index in [2.05, 4.69) is 0 Å². The lowest BCUT2D eigenvalue weighted by molar-refractivity contribution is -0.154. The van der Waals surface area contributed by atoms with Crippen LogP contribution in [-0.2, 0) is 19.1 Å². The van der Waals surface area contributed by atoms with Gasteiger partial charge in [0.25, 0.3) is 0 Å². The van der Waals surface area contributed by atoms with Crippen molar-refractivity contribution in [3.05, 3.63) is 0 Å². The van der Waals surface area contributed by atoms with Crippen LogP contribution in [-0.4, -0.2) is 65.7 Å². The average Bonchev–Trinajstić information content (AvgIpc) is 2.98. The van der Waals surface area contributed by atoms with Crippen LogP contribution in [0.3, 0.4) is 0 Å². The minimum Gasteiger partial charge on any atom is -0.469 e. The Bertz CT molecular complexity index is 552. The fourth-order valence-electron chi connectivity index (χ4n) is 4.14. The average molecular weight is 338 g/mol. The van der Waals surface area contributed by atoms with E-state index in [-0.39, 0.29) is 18.0 Å². The number of carbonyl (C=O) groups excluding carboxylic acids is 3. The summed E-state index contributed by atoms with van der Waals surface area (Å²) in [5, 5.41) is 0. The van der Waals surface area contributed by atoms with Crippen LogP contribution in [0, 0.1) is 11.8 Å². The Morgan fingerprint density at radius 1 is 1.00 bits per heavy atom. The molecule has 2 amide bonds. The van der Waals surface area contributed by atoms with E-state index in [0.29, 0.717) is 6.42 Å². The van der Waals surface area contributed by atoms with Gasteiger partial charge in [0.2, 0.25) is 5.91 Å². The van der Waals surface area contributed by atoms with Gasteiger partial charge < -0.3 is 19.3 Å². The molecule has 0 aliphatic carbocycles. The molecule has 3 aliphatic heterocycles. The van der Waals surface area contributed by atoms with Crippen molar-refractivity contribution in [1.29, 1.82) is 0 Å². The van der Waals surface area contributed by atoms with Crippen LogP contribution in [0.15, 0.2) is 0 Å². The topological polar surface area (TPSA) is 76.2 Å². The number of amides is 2. The van der Waals surface area contributed by atoms with E-state index in [1.165, 1.54) is 7.11 Å². The van der Waals surface area contributed by atoms with Crippen molar-refractivity contribution in [3.63, 3.8) is 0 Å². The molecule has 0 aromatic heterocycles. The number of nitrogens with zero attached hydrogens (tertiary/aromatic N) is 2. The molecule has 3 rings (SSSR count). The van der Waals surface area contributed by atoms with Crippen molar-refractivity contribution in [1.82, 2.24) is 9.80 Å². The maximum Gasteiger partial charge on any atom is 0.410 e. The van der Waals surface area contributed by atoms with Gasteiger partial charge in [-0.25, -0.2) is 4.79 Å². The van der Waals surface area contributed by atoms with Gasteiger partial charge in [0.15, 0.2) is 0 Å². The molecule has 3 fully saturated rings. The zero-order valence-electron chi connectivity index (χ0n) is 14.8. The van der Waals surface area contributed by atoms with E-state index in [1.807, 2.05) is 20.8 Å². The molecule has 3 aliphatic rings. The summed E-state index contributed by atoms with van der Waals surface area (Å²) in [6.07, 6.45) is 1.98. The molecular weight excluding hydrogens is 312 g/mol. The minimum atomic E-state index is -0.614. The van der Waals surface area contributed by atoms with Gasteiger partial charge in [-0.05, 0) is 40.0 Å². The normalized spacial score (nSPS) is 31.7. The number of esters is 1. The maximum absolute atomic E-state index is 12.8. The summed E-state index contributed by atoms with van der Waals surface area (Å²) in [7, 11) is 1.33. The van der Waals surface area contributed by atoms with E-state index >= 15 is 0 Å². The van der Waals surface area contributed by atoms with Crippen LogP contribution in [0.2, 0.25) is 0 Å². The van der Waals surface area contributed by atoms with Crippen molar-refractivity contribution in [2.45, 2.75) is 57.7 Å². The standard InChI is InChI=1S/C17H26N2O5/c1-17(2,3)24-16(22)19-10-6-7-11(19)13(15(21)23-4)12(10)14(20)18-8-5-9-18/h10-13H,5-9H2,1-4H3/t10-,11-,12-,13+/m0/s1. The van der Waals surface area contributed by atoms with Crippen molar-refractivity contribution in [2.75, 3.05) is 20.2 Å². The van der Waals surface area contributed by atoms with E-state index in [4.69, 9.17) is 9.47 Å². The summed E-state index contributed by atoms with van der Waals surface area (Å²) in [5.74, 6) is -1.54. The number of likely N-dealkylation sites (tertiary alicyclic amines) is 1. The largest absolute Gasteiger partial charge is 0.469 e. The highest BCUT2D eigenvalue weighted by Crippen LogP contribution is 2.48. The van der Waals surface area contributed by atoms with E-state index < -0.39 is 29.5 Å². The smallest absolute Gasteiger partial charge is 0.410 e. The van der Waals surface area contributed by atoms with E-state index in [0.717, 1.165) is 25.9 Å². The van der Waals surface area contributed by atoms with Crippen molar-refractivity contribution in [3.8, 4) is 0 Å². The third-order valence-electron chi connectivity index (χ3n) is 5.22. The summed E-state index contributed by atoms with van der Waals surface area (Å²) in [6, 6.07) is -0.588. The molecule has 7 nitrogen and oxygen atoms in total. The number of ether oxygens (including phenoxy) is 2. The Morgan fingerprint density at radius 2 is 1.58 bits per heavy atom. The lowest BCUT2D eigenvalue weighted by atomic mass is 9.78. The molecule has 0 aromatic rings. The number of fused-ring (bicyclic) bond motifs is 2. The highest BCUT2D eigenvalue weighted by atomic mass is 16.6. The summed E-state index contributed by atoms with van der Waals surface area (Å²) in [6.45, 7) is 6.89. The third-order valence-corrected chi connectivity index (χ3v) is 5.22. The lowest BCUT2D eigenvalue weighted by Crippen LogP contribution is -2.51. The number of carbonyl (C=O) groups is 3. The van der Waals surface area contributed by atoms with E-state index in [9.17, 15) is 14.4 Å². The predicted molar refractivity (Wildman–Crippen MR) is 85.1 cm³/mol. The highest BCUT2D eigenvalue weighted by Gasteiger charge is 2.62. The maximum atomic E-state index is 12.8. The summed E-state index contributed by atoms with van der Waals surface area (Å²) >= 11 is 0. The first-order valence-corrected chi connectivity index (χ1v) is 8.62. The van der Waals surface area contributed by atoms with Crippen molar-refractivity contribution < 1.29 is 23.9 Å². The first-order chi connectivity index (χ1) is 11.2. The monoisotopic (exact) mass is 338 g/mol. The number of rotatable bonds is 2. The van der Waals surface area contributed by atoms with Gasteiger partial charge in [-0.15, -0.1) is 0 Å². The third kappa shape index (κ3) is 2.74. The molecule has 0 radical (unpaired) electrons. The fourth-order valence-corrected chi connectivity index (χ4v) is 4.14. The Balaban J connectivity index is 1.86. The molecule has 4 atom stereocenters. The molecule has 0 aromatic carbocycles. The van der Waals surface area contributed by atoms with Crippen LogP contribution in [0.1, 0.15) is 40.0 Å². The first-order valence-electron chi connectivity index (χ1n) is 8.62. The molecule has 2 bridgehead atoms. The summed E-state index contributed by atoms with van der Waals surface area (Å²) in [5.41, 5.74) is -0.614. The molecule has 24 heavy (non-hydrogen) atoms. The number of methoxy groups -OCH3 is 1. The van der Waals surface area contributed by atoms with Gasteiger partial charge in [-0.3, -0.25) is 9.59 Å². The van der Waals surface area contributed by atoms with Gasteiger partial charge in [-0.1, -0.05) is 0 Å².